The molecule has 0 N–H and O–H groups in total. The highest BCUT2D eigenvalue weighted by Crippen LogP contribution is 2.38. The minimum absolute atomic E-state index is 0.612. The molecular formula is C13H26. The van der Waals surface area contributed by atoms with Crippen LogP contribution in [0.25, 0.3) is 0 Å². The molecule has 1 fully saturated rings. The van der Waals surface area contributed by atoms with Gasteiger partial charge in [0.15, 0.2) is 0 Å². The molecule has 0 heteroatoms. The smallest absolute Gasteiger partial charge is 0.0354 e. The van der Waals surface area contributed by atoms with E-state index in [9.17, 15) is 0 Å². The van der Waals surface area contributed by atoms with Gasteiger partial charge in [0.25, 0.3) is 0 Å². The van der Waals surface area contributed by atoms with Crippen molar-refractivity contribution in [1.82, 2.24) is 0 Å². The van der Waals surface area contributed by atoms with Gasteiger partial charge >= 0.3 is 0 Å². The van der Waals surface area contributed by atoms with E-state index >= 15 is 0 Å². The highest BCUT2D eigenvalue weighted by Gasteiger charge is 2.23. The lowest BCUT2D eigenvalue weighted by Gasteiger charge is -2.25. The van der Waals surface area contributed by atoms with Gasteiger partial charge in [-0.05, 0) is 36.5 Å². The number of hydrogen-bond acceptors (Lipinski definition) is 0. The summed E-state index contributed by atoms with van der Waals surface area (Å²) in [6.45, 7) is 9.74. The molecule has 1 saturated carbocycles. The van der Waals surface area contributed by atoms with Gasteiger partial charge in [-0.1, -0.05) is 47.0 Å². The molecule has 0 heterocycles. The van der Waals surface area contributed by atoms with Crippen molar-refractivity contribution < 1.29 is 0 Å². The van der Waals surface area contributed by atoms with Crippen LogP contribution in [0.3, 0.4) is 0 Å². The maximum Gasteiger partial charge on any atom is -0.0354 e. The van der Waals surface area contributed by atoms with Gasteiger partial charge in [-0.3, -0.25) is 0 Å². The first-order valence-corrected chi connectivity index (χ1v) is 5.91. The van der Waals surface area contributed by atoms with Crippen molar-refractivity contribution in [3.05, 3.63) is 0 Å². The zero-order chi connectivity index (χ0) is 9.95. The fourth-order valence-corrected chi connectivity index (χ4v) is 2.50. The zero-order valence-electron chi connectivity index (χ0n) is 9.95. The van der Waals surface area contributed by atoms with Crippen molar-refractivity contribution >= 4 is 0 Å². The molecule has 0 aromatic heterocycles. The second-order valence-electron chi connectivity index (χ2n) is 6.39. The van der Waals surface area contributed by atoms with Gasteiger partial charge in [0.1, 0.15) is 0 Å². The molecule has 0 radical (unpaired) electrons. The van der Waals surface area contributed by atoms with Gasteiger partial charge in [0.05, 0.1) is 0 Å². The summed E-state index contributed by atoms with van der Waals surface area (Å²) in [5, 5.41) is 0. The summed E-state index contributed by atoms with van der Waals surface area (Å²) in [6, 6.07) is 0. The van der Waals surface area contributed by atoms with Gasteiger partial charge in [0, 0.05) is 0 Å². The summed E-state index contributed by atoms with van der Waals surface area (Å²) in [5.74, 6) is 0. The Bertz CT molecular complexity index is 135. The number of hydrogen-bond donors (Lipinski definition) is 0. The normalized spacial score (nSPS) is 28.6. The molecule has 13 heavy (non-hydrogen) atoms. The average molecular weight is 182 g/mol. The van der Waals surface area contributed by atoms with Crippen molar-refractivity contribution in [3.8, 4) is 0 Å². The molecule has 0 atom stereocenters. The quantitative estimate of drug-likeness (QED) is 0.505. The monoisotopic (exact) mass is 182 g/mol. The summed E-state index contributed by atoms with van der Waals surface area (Å²) < 4.78 is 0. The largest absolute Gasteiger partial charge is 0.0599 e. The maximum absolute atomic E-state index is 2.44. The lowest BCUT2D eigenvalue weighted by atomic mass is 9.81. The molecule has 0 unspecified atom stereocenters. The summed E-state index contributed by atoms with van der Waals surface area (Å²) in [7, 11) is 0. The first kappa shape index (κ1) is 11.1. The third-order valence-electron chi connectivity index (χ3n) is 3.66. The third-order valence-corrected chi connectivity index (χ3v) is 3.66. The van der Waals surface area contributed by atoms with Crippen molar-refractivity contribution in [2.45, 2.75) is 72.6 Å². The van der Waals surface area contributed by atoms with E-state index in [0.29, 0.717) is 10.8 Å². The average Bonchev–Trinajstić information content (AvgIpc) is 2.01. The molecule has 0 aliphatic heterocycles. The molecule has 0 aromatic rings. The van der Waals surface area contributed by atoms with E-state index in [1.165, 1.54) is 44.9 Å². The second kappa shape index (κ2) is 4.02. The Morgan fingerprint density at radius 1 is 0.538 bits per heavy atom. The van der Waals surface area contributed by atoms with Crippen LogP contribution in [0.5, 0.6) is 0 Å². The predicted molar refractivity (Wildman–Crippen MR) is 59.9 cm³/mol. The Balaban J connectivity index is 2.48. The number of rotatable bonds is 0. The molecule has 0 aromatic carbocycles. The molecule has 1 rings (SSSR count). The van der Waals surface area contributed by atoms with Crippen LogP contribution in [0.2, 0.25) is 0 Å². The van der Waals surface area contributed by atoms with E-state index in [4.69, 9.17) is 0 Å². The molecule has 1 aliphatic carbocycles. The van der Waals surface area contributed by atoms with E-state index in [1.807, 2.05) is 0 Å². The van der Waals surface area contributed by atoms with Crippen LogP contribution in [-0.2, 0) is 0 Å². The topological polar surface area (TPSA) is 0 Å². The molecule has 1 aliphatic rings. The van der Waals surface area contributed by atoms with Crippen molar-refractivity contribution in [2.24, 2.45) is 10.8 Å². The van der Waals surface area contributed by atoms with Crippen molar-refractivity contribution in [3.63, 3.8) is 0 Å². The summed E-state index contributed by atoms with van der Waals surface area (Å²) in [5.41, 5.74) is 1.22. The Morgan fingerprint density at radius 2 is 0.846 bits per heavy atom. The first-order chi connectivity index (χ1) is 5.91. The lowest BCUT2D eigenvalue weighted by Crippen LogP contribution is -2.12. The van der Waals surface area contributed by atoms with Crippen LogP contribution in [0.4, 0.5) is 0 Å². The third kappa shape index (κ3) is 4.15. The summed E-state index contributed by atoms with van der Waals surface area (Å²) >= 11 is 0. The summed E-state index contributed by atoms with van der Waals surface area (Å²) in [6.07, 6.45) is 10.0. The zero-order valence-corrected chi connectivity index (χ0v) is 9.95. The maximum atomic E-state index is 2.44. The van der Waals surface area contributed by atoms with Gasteiger partial charge in [0.2, 0.25) is 0 Å². The van der Waals surface area contributed by atoms with Crippen LogP contribution >= 0.6 is 0 Å². The van der Waals surface area contributed by atoms with E-state index in [-0.39, 0.29) is 0 Å². The van der Waals surface area contributed by atoms with Crippen LogP contribution in [-0.4, -0.2) is 0 Å². The highest BCUT2D eigenvalue weighted by molar-refractivity contribution is 4.76. The van der Waals surface area contributed by atoms with Crippen LogP contribution in [0.15, 0.2) is 0 Å². The molecule has 0 spiro atoms. The SMILES string of the molecule is CC1(C)CCCCC(C)(C)CCC1. The molecule has 78 valence electrons. The molecule has 0 bridgehead atoms. The predicted octanol–water partition coefficient (Wildman–Crippen LogP) is 4.78. The van der Waals surface area contributed by atoms with Crippen molar-refractivity contribution in [1.29, 1.82) is 0 Å². The van der Waals surface area contributed by atoms with E-state index < -0.39 is 0 Å². The van der Waals surface area contributed by atoms with E-state index in [2.05, 4.69) is 27.7 Å². The van der Waals surface area contributed by atoms with Gasteiger partial charge in [-0.2, -0.15) is 0 Å². The Labute approximate surface area is 84.1 Å². The summed E-state index contributed by atoms with van der Waals surface area (Å²) in [4.78, 5) is 0. The minimum Gasteiger partial charge on any atom is -0.0599 e. The molecule has 0 nitrogen and oxygen atoms in total. The Kier molecular flexibility index (Phi) is 3.43. The second-order valence-corrected chi connectivity index (χ2v) is 6.39. The standard InChI is InChI=1S/C13H26/c1-12(2)8-5-6-9-13(3,4)11-7-10-12/h5-11H2,1-4H3. The Morgan fingerprint density at radius 3 is 1.23 bits per heavy atom. The van der Waals surface area contributed by atoms with Crippen LogP contribution in [0, 0.1) is 10.8 Å². The fourth-order valence-electron chi connectivity index (χ4n) is 2.50. The van der Waals surface area contributed by atoms with Gasteiger partial charge in [-0.25, -0.2) is 0 Å². The highest BCUT2D eigenvalue weighted by atomic mass is 14.3. The van der Waals surface area contributed by atoms with E-state index in [1.54, 1.807) is 0 Å². The van der Waals surface area contributed by atoms with Crippen LogP contribution < -0.4 is 0 Å². The Hall–Kier alpha value is 0. The minimum atomic E-state index is 0.612. The van der Waals surface area contributed by atoms with E-state index in [0.717, 1.165) is 0 Å². The van der Waals surface area contributed by atoms with Gasteiger partial charge < -0.3 is 0 Å². The molecule has 0 saturated heterocycles. The first-order valence-electron chi connectivity index (χ1n) is 5.91. The molecule has 0 amide bonds. The molecular weight excluding hydrogens is 156 g/mol. The lowest BCUT2D eigenvalue weighted by molar-refractivity contribution is 0.271. The fraction of sp³-hybridized carbons (Fsp3) is 1.00. The van der Waals surface area contributed by atoms with Gasteiger partial charge in [-0.15, -0.1) is 0 Å². The van der Waals surface area contributed by atoms with Crippen molar-refractivity contribution in [2.75, 3.05) is 0 Å². The van der Waals surface area contributed by atoms with Crippen LogP contribution in [0.1, 0.15) is 72.6 Å².